The van der Waals surface area contributed by atoms with Crippen LogP contribution in [0.4, 0.5) is 0 Å². The summed E-state index contributed by atoms with van der Waals surface area (Å²) in [7, 11) is 0. The zero-order valence-corrected chi connectivity index (χ0v) is 16.8. The Kier molecular flexibility index (Phi) is 3.93. The second-order valence-corrected chi connectivity index (χ2v) is 8.19. The van der Waals surface area contributed by atoms with Crippen LogP contribution < -0.4 is 11.2 Å². The summed E-state index contributed by atoms with van der Waals surface area (Å²) in [6.45, 7) is 0. The van der Waals surface area contributed by atoms with Crippen LogP contribution in [0.15, 0.2) is 94.5 Å². The molecule has 1 fully saturated rings. The number of hydrogen-bond acceptors (Lipinski definition) is 2. The Bertz CT molecular complexity index is 1580. The molecule has 1 heterocycles. The molecule has 1 aliphatic rings. The van der Waals surface area contributed by atoms with Crippen LogP contribution in [-0.4, -0.2) is 9.55 Å². The molecule has 0 radical (unpaired) electrons. The van der Waals surface area contributed by atoms with Crippen LogP contribution >= 0.6 is 0 Å². The Hall–Kier alpha value is -3.92. The van der Waals surface area contributed by atoms with E-state index in [1.54, 1.807) is 0 Å². The van der Waals surface area contributed by atoms with E-state index in [1.807, 2.05) is 66.7 Å². The number of hydrogen-bond donors (Lipinski definition) is 1. The summed E-state index contributed by atoms with van der Waals surface area (Å²) in [5.74, 6) is 0.616. The molecule has 0 atom stereocenters. The quantitative estimate of drug-likeness (QED) is 0.439. The minimum atomic E-state index is -0.429. The van der Waals surface area contributed by atoms with Gasteiger partial charge in [0.05, 0.1) is 16.6 Å². The number of H-pyrrole nitrogens is 1. The van der Waals surface area contributed by atoms with Crippen molar-refractivity contribution in [1.82, 2.24) is 9.55 Å². The lowest BCUT2D eigenvalue weighted by Crippen LogP contribution is -2.33. The van der Waals surface area contributed by atoms with Crippen molar-refractivity contribution in [2.24, 2.45) is 0 Å². The average molecular weight is 404 g/mol. The third-order valence-corrected chi connectivity index (χ3v) is 6.19. The first-order valence-electron chi connectivity index (χ1n) is 10.6. The van der Waals surface area contributed by atoms with Crippen LogP contribution in [-0.2, 0) is 0 Å². The maximum atomic E-state index is 13.4. The van der Waals surface area contributed by atoms with Crippen molar-refractivity contribution >= 4 is 21.7 Å². The monoisotopic (exact) mass is 404 g/mol. The topological polar surface area (TPSA) is 54.9 Å². The molecule has 1 aliphatic carbocycles. The van der Waals surface area contributed by atoms with Gasteiger partial charge < -0.3 is 4.98 Å². The fourth-order valence-corrected chi connectivity index (χ4v) is 4.52. The van der Waals surface area contributed by atoms with Gasteiger partial charge in [0.15, 0.2) is 0 Å². The number of benzene rings is 4. The maximum Gasteiger partial charge on any atom is 0.333 e. The van der Waals surface area contributed by atoms with Crippen LogP contribution in [0.3, 0.4) is 0 Å². The Labute approximate surface area is 178 Å². The van der Waals surface area contributed by atoms with Crippen LogP contribution in [0.5, 0.6) is 0 Å². The summed E-state index contributed by atoms with van der Waals surface area (Å²) >= 11 is 0. The predicted molar refractivity (Wildman–Crippen MR) is 125 cm³/mol. The Morgan fingerprint density at radius 2 is 1.55 bits per heavy atom. The number of fused-ring (bicyclic) bond motifs is 2. The average Bonchev–Trinajstić information content (AvgIpc) is 3.64. The molecule has 31 heavy (non-hydrogen) atoms. The molecule has 0 bridgehead atoms. The molecular weight excluding hydrogens is 384 g/mol. The van der Waals surface area contributed by atoms with Gasteiger partial charge in [-0.1, -0.05) is 66.7 Å². The van der Waals surface area contributed by atoms with Gasteiger partial charge in [0.2, 0.25) is 0 Å². The molecular formula is C27H20N2O2. The summed E-state index contributed by atoms with van der Waals surface area (Å²) in [5.41, 5.74) is 3.95. The van der Waals surface area contributed by atoms with E-state index in [-0.39, 0.29) is 5.56 Å². The van der Waals surface area contributed by atoms with Crippen LogP contribution in [0, 0.1) is 0 Å². The molecule has 1 aromatic heterocycles. The Morgan fingerprint density at radius 3 is 2.42 bits per heavy atom. The maximum absolute atomic E-state index is 13.4. The highest BCUT2D eigenvalue weighted by Gasteiger charge is 2.26. The van der Waals surface area contributed by atoms with E-state index in [9.17, 15) is 9.59 Å². The van der Waals surface area contributed by atoms with Crippen molar-refractivity contribution in [3.8, 4) is 16.8 Å². The lowest BCUT2D eigenvalue weighted by atomic mass is 9.96. The van der Waals surface area contributed by atoms with E-state index in [2.05, 4.69) is 23.2 Å². The summed E-state index contributed by atoms with van der Waals surface area (Å²) in [6, 6.07) is 27.5. The molecule has 4 nitrogen and oxygen atoms in total. The van der Waals surface area contributed by atoms with E-state index in [4.69, 9.17) is 0 Å². The highest BCUT2D eigenvalue weighted by molar-refractivity contribution is 5.91. The van der Waals surface area contributed by atoms with Gasteiger partial charge in [-0.15, -0.1) is 0 Å². The number of nitrogens with zero attached hydrogens (tertiary/aromatic N) is 1. The van der Waals surface area contributed by atoms with Gasteiger partial charge in [-0.05, 0) is 59.0 Å². The smallest absolute Gasteiger partial charge is 0.306 e. The van der Waals surface area contributed by atoms with Gasteiger partial charge >= 0.3 is 5.69 Å². The van der Waals surface area contributed by atoms with Crippen molar-refractivity contribution in [1.29, 1.82) is 0 Å². The summed E-state index contributed by atoms with van der Waals surface area (Å²) < 4.78 is 1.24. The molecule has 0 unspecified atom stereocenters. The van der Waals surface area contributed by atoms with Crippen molar-refractivity contribution in [3.05, 3.63) is 111 Å². The zero-order valence-electron chi connectivity index (χ0n) is 16.8. The lowest BCUT2D eigenvalue weighted by Gasteiger charge is -2.12. The van der Waals surface area contributed by atoms with E-state index < -0.39 is 5.69 Å². The molecule has 0 amide bonds. The second-order valence-electron chi connectivity index (χ2n) is 8.19. The third kappa shape index (κ3) is 2.91. The van der Waals surface area contributed by atoms with Gasteiger partial charge in [0.1, 0.15) is 0 Å². The first-order valence-corrected chi connectivity index (χ1v) is 10.6. The first kappa shape index (κ1) is 17.9. The molecule has 0 aliphatic heterocycles. The van der Waals surface area contributed by atoms with E-state index in [0.717, 1.165) is 16.3 Å². The molecule has 5 aromatic rings. The fraction of sp³-hybridized carbons (Fsp3) is 0.111. The van der Waals surface area contributed by atoms with Gasteiger partial charge in [-0.2, -0.15) is 0 Å². The van der Waals surface area contributed by atoms with Crippen LogP contribution in [0.1, 0.15) is 24.3 Å². The molecule has 0 saturated heterocycles. The molecule has 6 rings (SSSR count). The number of nitrogens with one attached hydrogen (secondary N) is 1. The molecule has 1 N–H and O–H groups in total. The zero-order chi connectivity index (χ0) is 20.9. The molecule has 4 aromatic carbocycles. The van der Waals surface area contributed by atoms with E-state index in [1.165, 1.54) is 28.5 Å². The summed E-state index contributed by atoms with van der Waals surface area (Å²) in [6.07, 6.45) is 2.44. The van der Waals surface area contributed by atoms with Crippen molar-refractivity contribution in [2.45, 2.75) is 18.8 Å². The Balaban J connectivity index is 1.57. The summed E-state index contributed by atoms with van der Waals surface area (Å²) in [4.78, 5) is 29.4. The third-order valence-electron chi connectivity index (χ3n) is 6.19. The SMILES string of the molecule is O=c1[nH]c2cc(-c3ccccc3C3CC3)ccc2c(=O)n1-c1cccc2ccccc12. The standard InChI is InChI=1S/C27H20N2O2/c30-26-23-15-14-19(21-9-4-3-8-20(21)18-12-13-18)16-24(23)28-27(31)29(26)25-11-5-7-17-6-1-2-10-22(17)25/h1-11,14-16,18H,12-13H2,(H,28,31). The molecule has 4 heteroatoms. The minimum absolute atomic E-state index is 0.308. The normalized spacial score (nSPS) is 13.7. The molecule has 0 spiro atoms. The largest absolute Gasteiger partial charge is 0.333 e. The van der Waals surface area contributed by atoms with Crippen molar-refractivity contribution < 1.29 is 0 Å². The van der Waals surface area contributed by atoms with Crippen LogP contribution in [0.25, 0.3) is 38.5 Å². The molecule has 1 saturated carbocycles. The van der Waals surface area contributed by atoms with Gasteiger partial charge in [0, 0.05) is 5.39 Å². The van der Waals surface area contributed by atoms with Crippen molar-refractivity contribution in [2.75, 3.05) is 0 Å². The van der Waals surface area contributed by atoms with Crippen molar-refractivity contribution in [3.63, 3.8) is 0 Å². The fourth-order valence-electron chi connectivity index (χ4n) is 4.52. The molecule has 150 valence electrons. The highest BCUT2D eigenvalue weighted by atomic mass is 16.2. The van der Waals surface area contributed by atoms with E-state index in [0.29, 0.717) is 22.5 Å². The van der Waals surface area contributed by atoms with Gasteiger partial charge in [-0.3, -0.25) is 4.79 Å². The Morgan fingerprint density at radius 1 is 0.774 bits per heavy atom. The van der Waals surface area contributed by atoms with Crippen LogP contribution in [0.2, 0.25) is 0 Å². The highest BCUT2D eigenvalue weighted by Crippen LogP contribution is 2.44. The van der Waals surface area contributed by atoms with E-state index >= 15 is 0 Å². The minimum Gasteiger partial charge on any atom is -0.306 e. The number of rotatable bonds is 3. The number of aromatic amines is 1. The summed E-state index contributed by atoms with van der Waals surface area (Å²) in [5, 5.41) is 2.35. The van der Waals surface area contributed by atoms with Gasteiger partial charge in [0.25, 0.3) is 5.56 Å². The number of aromatic nitrogens is 2. The predicted octanol–water partition coefficient (Wildman–Crippen LogP) is 5.38. The van der Waals surface area contributed by atoms with Gasteiger partial charge in [-0.25, -0.2) is 9.36 Å². The second kappa shape index (κ2) is 6.81. The first-order chi connectivity index (χ1) is 15.2. The lowest BCUT2D eigenvalue weighted by molar-refractivity contribution is 0.908.